The second-order valence-electron chi connectivity index (χ2n) is 7.38. The van der Waals surface area contributed by atoms with Crippen LogP contribution in [0.2, 0.25) is 0 Å². The molecule has 5 nitrogen and oxygen atoms in total. The molecule has 0 N–H and O–H groups in total. The number of hydrogen-bond acceptors (Lipinski definition) is 4. The molecule has 4 rings (SSSR count). The Hall–Kier alpha value is -2.73. The van der Waals surface area contributed by atoms with E-state index in [0.717, 1.165) is 37.6 Å². The smallest absolute Gasteiger partial charge is 0.272 e. The van der Waals surface area contributed by atoms with Crippen molar-refractivity contribution in [2.45, 2.75) is 6.42 Å². The van der Waals surface area contributed by atoms with E-state index in [-0.39, 0.29) is 11.7 Å². The van der Waals surface area contributed by atoms with E-state index in [1.165, 1.54) is 6.07 Å². The molecule has 0 bridgehead atoms. The highest BCUT2D eigenvalue weighted by molar-refractivity contribution is 5.93. The van der Waals surface area contributed by atoms with Crippen LogP contribution >= 0.6 is 0 Å². The number of benzene rings is 1. The van der Waals surface area contributed by atoms with Gasteiger partial charge >= 0.3 is 0 Å². The molecule has 1 saturated heterocycles. The molecule has 1 aromatic heterocycles. The summed E-state index contributed by atoms with van der Waals surface area (Å²) in [5.41, 5.74) is 2.06. The zero-order valence-electron chi connectivity index (χ0n) is 16.1. The molecule has 1 aromatic carbocycles. The summed E-state index contributed by atoms with van der Waals surface area (Å²) >= 11 is 0. The monoisotopic (exact) mass is 380 g/mol. The van der Waals surface area contributed by atoms with Gasteiger partial charge in [-0.25, -0.2) is 9.37 Å². The highest BCUT2D eigenvalue weighted by atomic mass is 19.1. The second-order valence-corrected chi connectivity index (χ2v) is 7.38. The molecule has 2 aliphatic rings. The van der Waals surface area contributed by atoms with E-state index in [4.69, 9.17) is 0 Å². The number of rotatable bonds is 3. The Labute approximate surface area is 165 Å². The predicted molar refractivity (Wildman–Crippen MR) is 109 cm³/mol. The van der Waals surface area contributed by atoms with Crippen molar-refractivity contribution in [3.05, 3.63) is 65.6 Å². The number of pyridine rings is 1. The van der Waals surface area contributed by atoms with Gasteiger partial charge in [-0.1, -0.05) is 30.3 Å². The average Bonchev–Trinajstić information content (AvgIpc) is 2.74. The van der Waals surface area contributed by atoms with Crippen molar-refractivity contribution >= 4 is 17.3 Å². The summed E-state index contributed by atoms with van der Waals surface area (Å²) in [4.78, 5) is 23.8. The summed E-state index contributed by atoms with van der Waals surface area (Å²) in [7, 11) is 2.12. The van der Waals surface area contributed by atoms with Gasteiger partial charge < -0.3 is 14.7 Å². The minimum absolute atomic E-state index is 0.0696. The number of aromatic nitrogens is 1. The number of carbonyl (C=O) groups is 1. The van der Waals surface area contributed by atoms with Crippen LogP contribution in [-0.2, 0) is 0 Å². The van der Waals surface area contributed by atoms with E-state index in [1.807, 2.05) is 24.3 Å². The largest absolute Gasteiger partial charge is 0.354 e. The van der Waals surface area contributed by atoms with E-state index < -0.39 is 0 Å². The highest BCUT2D eigenvalue weighted by Crippen LogP contribution is 2.25. The number of anilines is 1. The van der Waals surface area contributed by atoms with Gasteiger partial charge in [0.15, 0.2) is 0 Å². The Bertz CT molecular complexity index is 890. The first-order valence-corrected chi connectivity index (χ1v) is 9.75. The van der Waals surface area contributed by atoms with E-state index >= 15 is 0 Å². The minimum atomic E-state index is -0.213. The van der Waals surface area contributed by atoms with E-state index in [1.54, 1.807) is 23.1 Å². The Morgan fingerprint density at radius 2 is 1.79 bits per heavy atom. The van der Waals surface area contributed by atoms with Crippen LogP contribution in [0.4, 0.5) is 10.2 Å². The first-order valence-electron chi connectivity index (χ1n) is 9.75. The number of hydrogen-bond donors (Lipinski definition) is 0. The number of halogens is 1. The fraction of sp³-hybridized carbons (Fsp3) is 0.364. The molecule has 0 atom stereocenters. The van der Waals surface area contributed by atoms with Crippen LogP contribution < -0.4 is 4.90 Å². The van der Waals surface area contributed by atoms with Crippen LogP contribution in [0.15, 0.2) is 48.5 Å². The number of nitrogens with zero attached hydrogens (tertiary/aromatic N) is 4. The van der Waals surface area contributed by atoms with Gasteiger partial charge in [0.1, 0.15) is 17.3 Å². The molecule has 0 unspecified atom stereocenters. The van der Waals surface area contributed by atoms with Crippen LogP contribution in [0, 0.1) is 5.82 Å². The van der Waals surface area contributed by atoms with E-state index in [2.05, 4.69) is 21.8 Å². The quantitative estimate of drug-likeness (QED) is 0.821. The Morgan fingerprint density at radius 3 is 2.50 bits per heavy atom. The molecule has 3 heterocycles. The Morgan fingerprint density at radius 1 is 1.00 bits per heavy atom. The van der Waals surface area contributed by atoms with Crippen molar-refractivity contribution in [3.8, 4) is 0 Å². The molecule has 146 valence electrons. The lowest BCUT2D eigenvalue weighted by atomic mass is 9.99. The third-order valence-corrected chi connectivity index (χ3v) is 5.50. The number of amides is 1. The van der Waals surface area contributed by atoms with Crippen molar-refractivity contribution < 1.29 is 9.18 Å². The Balaban J connectivity index is 1.46. The van der Waals surface area contributed by atoms with Crippen LogP contribution in [0.25, 0.3) is 5.57 Å². The van der Waals surface area contributed by atoms with Gasteiger partial charge in [-0.15, -0.1) is 0 Å². The molecule has 2 aliphatic heterocycles. The maximum Gasteiger partial charge on any atom is 0.272 e. The molecule has 0 aliphatic carbocycles. The zero-order chi connectivity index (χ0) is 19.5. The van der Waals surface area contributed by atoms with Crippen molar-refractivity contribution in [2.75, 3.05) is 51.2 Å². The standard InChI is InChI=1S/C22H25FN4O/c1-25-13-15-26(16-14-25)21-8-4-7-20(24-21)22(28)27-11-9-17(10-12-27)18-5-2-3-6-19(18)23/h2-9H,10-16H2,1H3. The summed E-state index contributed by atoms with van der Waals surface area (Å²) < 4.78 is 14.0. The normalized spacial score (nSPS) is 18.1. The minimum Gasteiger partial charge on any atom is -0.354 e. The van der Waals surface area contributed by atoms with Gasteiger partial charge in [0.2, 0.25) is 0 Å². The summed E-state index contributed by atoms with van der Waals surface area (Å²) in [6.07, 6.45) is 2.59. The molecule has 0 radical (unpaired) electrons. The molecule has 6 heteroatoms. The molecule has 1 amide bonds. The summed E-state index contributed by atoms with van der Waals surface area (Å²) in [5.74, 6) is 0.577. The SMILES string of the molecule is CN1CCN(c2cccc(C(=O)N3CC=C(c4ccccc4F)CC3)n2)CC1. The van der Waals surface area contributed by atoms with Crippen LogP contribution in [-0.4, -0.2) is 67.0 Å². The maximum absolute atomic E-state index is 14.0. The summed E-state index contributed by atoms with van der Waals surface area (Å²) in [6, 6.07) is 12.4. The van der Waals surface area contributed by atoms with E-state index in [9.17, 15) is 9.18 Å². The first kappa shape index (κ1) is 18.6. The van der Waals surface area contributed by atoms with Gasteiger partial charge in [0.05, 0.1) is 0 Å². The topological polar surface area (TPSA) is 39.7 Å². The van der Waals surface area contributed by atoms with Gasteiger partial charge in [0.25, 0.3) is 5.91 Å². The van der Waals surface area contributed by atoms with E-state index in [0.29, 0.717) is 30.8 Å². The molecule has 28 heavy (non-hydrogen) atoms. The lowest BCUT2D eigenvalue weighted by Crippen LogP contribution is -2.45. The first-order chi connectivity index (χ1) is 13.6. The van der Waals surface area contributed by atoms with Gasteiger partial charge in [-0.3, -0.25) is 4.79 Å². The molecular formula is C22H25FN4O. The van der Waals surface area contributed by atoms with Gasteiger partial charge in [-0.2, -0.15) is 0 Å². The summed E-state index contributed by atoms with van der Waals surface area (Å²) in [6.45, 7) is 4.87. The predicted octanol–water partition coefficient (Wildman–Crippen LogP) is 2.90. The number of piperazine rings is 1. The second kappa shape index (κ2) is 8.10. The average molecular weight is 380 g/mol. The lowest BCUT2D eigenvalue weighted by molar-refractivity contribution is 0.0767. The number of likely N-dealkylation sites (N-methyl/N-ethyl adjacent to an activating group) is 1. The lowest BCUT2D eigenvalue weighted by Gasteiger charge is -2.33. The van der Waals surface area contributed by atoms with Crippen LogP contribution in [0.3, 0.4) is 0 Å². The van der Waals surface area contributed by atoms with Crippen molar-refractivity contribution in [2.24, 2.45) is 0 Å². The third kappa shape index (κ3) is 3.92. The molecule has 0 spiro atoms. The van der Waals surface area contributed by atoms with Gasteiger partial charge in [0, 0.05) is 44.8 Å². The fourth-order valence-electron chi connectivity index (χ4n) is 3.74. The maximum atomic E-state index is 14.0. The molecule has 1 fully saturated rings. The molecule has 0 saturated carbocycles. The van der Waals surface area contributed by atoms with Crippen molar-refractivity contribution in [1.29, 1.82) is 0 Å². The zero-order valence-corrected chi connectivity index (χ0v) is 16.1. The van der Waals surface area contributed by atoms with Crippen molar-refractivity contribution in [3.63, 3.8) is 0 Å². The van der Waals surface area contributed by atoms with Crippen molar-refractivity contribution in [1.82, 2.24) is 14.8 Å². The van der Waals surface area contributed by atoms with Crippen LogP contribution in [0.1, 0.15) is 22.5 Å². The Kier molecular flexibility index (Phi) is 5.39. The molecular weight excluding hydrogens is 355 g/mol. The van der Waals surface area contributed by atoms with Gasteiger partial charge in [-0.05, 0) is 37.2 Å². The molecule has 2 aromatic rings. The third-order valence-electron chi connectivity index (χ3n) is 5.50. The highest BCUT2D eigenvalue weighted by Gasteiger charge is 2.22. The van der Waals surface area contributed by atoms with Crippen LogP contribution in [0.5, 0.6) is 0 Å². The summed E-state index contributed by atoms with van der Waals surface area (Å²) in [5, 5.41) is 0. The number of carbonyl (C=O) groups excluding carboxylic acids is 1. The fourth-order valence-corrected chi connectivity index (χ4v) is 3.74.